The number of nitrogens with one attached hydrogen (secondary N) is 3. The fourth-order valence-corrected chi connectivity index (χ4v) is 2.42. The summed E-state index contributed by atoms with van der Waals surface area (Å²) in [5.41, 5.74) is 26.8. The number of hydrogen-bond donors (Lipinski definition) is 10. The summed E-state index contributed by atoms with van der Waals surface area (Å²) in [6.45, 7) is -0.914. The van der Waals surface area contributed by atoms with E-state index in [-0.39, 0.29) is 37.9 Å². The van der Waals surface area contributed by atoms with E-state index in [1.165, 1.54) is 0 Å². The topological polar surface area (TPSA) is 300 Å². The average molecular weight is 475 g/mol. The lowest BCUT2D eigenvalue weighted by Crippen LogP contribution is -2.53. The summed E-state index contributed by atoms with van der Waals surface area (Å²) in [5.74, 6) is -3.79. The van der Waals surface area contributed by atoms with Crippen LogP contribution in [0.5, 0.6) is 0 Å². The zero-order valence-corrected chi connectivity index (χ0v) is 18.2. The Morgan fingerprint density at radius 1 is 0.818 bits per heavy atom. The normalized spacial score (nSPS) is 13.0. The molecule has 33 heavy (non-hydrogen) atoms. The minimum Gasteiger partial charge on any atom is -0.480 e. The largest absolute Gasteiger partial charge is 0.480 e. The molecule has 16 nitrogen and oxygen atoms in total. The SMILES string of the molecule is NC(N)=NCCCC(N)C(=O)NC(CCCN=C(N)N)C(=O)NCC(=O)NC(CO)C(=O)O. The van der Waals surface area contributed by atoms with E-state index < -0.39 is 55.0 Å². The van der Waals surface area contributed by atoms with Crippen molar-refractivity contribution in [2.45, 2.75) is 43.8 Å². The Labute approximate surface area is 190 Å². The number of carboxylic acids is 1. The summed E-state index contributed by atoms with van der Waals surface area (Å²) < 4.78 is 0. The van der Waals surface area contributed by atoms with E-state index in [1.807, 2.05) is 5.32 Å². The monoisotopic (exact) mass is 474 g/mol. The number of rotatable bonds is 16. The van der Waals surface area contributed by atoms with Crippen LogP contribution in [0, 0.1) is 0 Å². The summed E-state index contributed by atoms with van der Waals surface area (Å²) in [5, 5.41) is 24.6. The number of hydrogen-bond acceptors (Lipinski definition) is 8. The summed E-state index contributed by atoms with van der Waals surface area (Å²) in [4.78, 5) is 55.2. The Hall–Kier alpha value is -3.66. The van der Waals surface area contributed by atoms with Gasteiger partial charge in [-0.3, -0.25) is 24.4 Å². The molecule has 0 spiro atoms. The number of amides is 3. The van der Waals surface area contributed by atoms with Crippen molar-refractivity contribution in [2.75, 3.05) is 26.2 Å². The second-order valence-electron chi connectivity index (χ2n) is 6.92. The van der Waals surface area contributed by atoms with Gasteiger partial charge in [0, 0.05) is 13.1 Å². The number of carboxylic acid groups (broad SMARTS) is 1. The van der Waals surface area contributed by atoms with Gasteiger partial charge in [0.2, 0.25) is 17.7 Å². The van der Waals surface area contributed by atoms with Gasteiger partial charge in [0.1, 0.15) is 12.1 Å². The first-order valence-corrected chi connectivity index (χ1v) is 10.0. The number of aliphatic hydroxyl groups is 1. The predicted octanol–water partition coefficient (Wildman–Crippen LogP) is -5.42. The van der Waals surface area contributed by atoms with Crippen LogP contribution in [0.1, 0.15) is 25.7 Å². The molecule has 16 heteroatoms. The molecule has 0 fully saturated rings. The first kappa shape index (κ1) is 29.3. The third kappa shape index (κ3) is 14.1. The van der Waals surface area contributed by atoms with E-state index in [4.69, 9.17) is 38.9 Å². The second-order valence-corrected chi connectivity index (χ2v) is 6.92. The van der Waals surface area contributed by atoms with E-state index in [0.29, 0.717) is 12.8 Å². The number of guanidine groups is 2. The van der Waals surface area contributed by atoms with Gasteiger partial charge < -0.3 is 54.8 Å². The number of carbonyl (C=O) groups excluding carboxylic acids is 3. The Kier molecular flexibility index (Phi) is 14.3. The van der Waals surface area contributed by atoms with Crippen molar-refractivity contribution in [3.8, 4) is 0 Å². The Bertz CT molecular complexity index is 721. The van der Waals surface area contributed by atoms with Crippen molar-refractivity contribution in [1.29, 1.82) is 0 Å². The maximum Gasteiger partial charge on any atom is 0.328 e. The highest BCUT2D eigenvalue weighted by molar-refractivity contribution is 5.92. The molecule has 0 saturated heterocycles. The summed E-state index contributed by atoms with van der Waals surface area (Å²) >= 11 is 0. The van der Waals surface area contributed by atoms with E-state index >= 15 is 0 Å². The van der Waals surface area contributed by atoms with Crippen LogP contribution in [0.25, 0.3) is 0 Å². The zero-order chi connectivity index (χ0) is 25.4. The fourth-order valence-electron chi connectivity index (χ4n) is 2.42. The van der Waals surface area contributed by atoms with Crippen LogP contribution in [-0.2, 0) is 19.2 Å². The lowest BCUT2D eigenvalue weighted by atomic mass is 10.1. The average Bonchev–Trinajstić information content (AvgIpc) is 2.74. The van der Waals surface area contributed by atoms with Crippen molar-refractivity contribution in [3.63, 3.8) is 0 Å². The summed E-state index contributed by atoms with van der Waals surface area (Å²) in [6.07, 6.45) is 1.15. The minimum atomic E-state index is -1.51. The number of nitrogens with zero attached hydrogens (tertiary/aromatic N) is 2. The molecule has 3 amide bonds. The molecular formula is C17H34N10O6. The van der Waals surface area contributed by atoms with Crippen molar-refractivity contribution in [2.24, 2.45) is 38.7 Å². The van der Waals surface area contributed by atoms with Crippen molar-refractivity contribution >= 4 is 35.6 Å². The maximum absolute atomic E-state index is 12.5. The zero-order valence-electron chi connectivity index (χ0n) is 18.2. The first-order valence-electron chi connectivity index (χ1n) is 10.0. The molecule has 0 aliphatic heterocycles. The van der Waals surface area contributed by atoms with E-state index in [0.717, 1.165) is 0 Å². The predicted molar refractivity (Wildman–Crippen MR) is 119 cm³/mol. The van der Waals surface area contributed by atoms with Crippen molar-refractivity contribution in [1.82, 2.24) is 16.0 Å². The molecule has 188 valence electrons. The number of carbonyl (C=O) groups is 4. The highest BCUT2D eigenvalue weighted by Crippen LogP contribution is 2.02. The van der Waals surface area contributed by atoms with Gasteiger partial charge in [0.15, 0.2) is 11.9 Å². The van der Waals surface area contributed by atoms with Crippen molar-refractivity contribution < 1.29 is 29.4 Å². The molecular weight excluding hydrogens is 440 g/mol. The van der Waals surface area contributed by atoms with Gasteiger partial charge in [-0.05, 0) is 25.7 Å². The molecule has 0 heterocycles. The lowest BCUT2D eigenvalue weighted by molar-refractivity contribution is -0.142. The standard InChI is InChI=1S/C17H34N10O6/c18-9(3-1-5-23-16(19)20)13(30)27-10(4-2-6-24-17(21)22)14(31)25-7-12(29)26-11(8-28)15(32)33/h9-11,28H,1-8,18H2,(H,25,31)(H,26,29)(H,27,30)(H,32,33)(H4,19,20,23)(H4,21,22,24). The van der Waals surface area contributed by atoms with E-state index in [1.54, 1.807) is 0 Å². The molecule has 15 N–H and O–H groups in total. The van der Waals surface area contributed by atoms with Crippen LogP contribution in [0.2, 0.25) is 0 Å². The van der Waals surface area contributed by atoms with E-state index in [2.05, 4.69) is 20.6 Å². The summed E-state index contributed by atoms with van der Waals surface area (Å²) in [6, 6.07) is -3.51. The Balaban J connectivity index is 4.91. The summed E-state index contributed by atoms with van der Waals surface area (Å²) in [7, 11) is 0. The minimum absolute atomic E-state index is 0.0803. The van der Waals surface area contributed by atoms with Gasteiger partial charge in [0.25, 0.3) is 0 Å². The third-order valence-electron chi connectivity index (χ3n) is 4.12. The van der Waals surface area contributed by atoms with Gasteiger partial charge in [-0.25, -0.2) is 4.79 Å². The Morgan fingerprint density at radius 3 is 1.85 bits per heavy atom. The smallest absolute Gasteiger partial charge is 0.328 e. The van der Waals surface area contributed by atoms with Gasteiger partial charge in [-0.1, -0.05) is 0 Å². The molecule has 0 aliphatic carbocycles. The molecule has 0 aromatic heterocycles. The lowest BCUT2D eigenvalue weighted by Gasteiger charge is -2.21. The van der Waals surface area contributed by atoms with Gasteiger partial charge in [-0.2, -0.15) is 0 Å². The molecule has 0 radical (unpaired) electrons. The quantitative estimate of drug-likeness (QED) is 0.0571. The van der Waals surface area contributed by atoms with Gasteiger partial charge in [0.05, 0.1) is 19.2 Å². The van der Waals surface area contributed by atoms with Crippen LogP contribution in [0.3, 0.4) is 0 Å². The number of nitrogens with two attached hydrogens (primary N) is 5. The first-order chi connectivity index (χ1) is 15.5. The Morgan fingerprint density at radius 2 is 1.36 bits per heavy atom. The van der Waals surface area contributed by atoms with Crippen molar-refractivity contribution in [3.05, 3.63) is 0 Å². The highest BCUT2D eigenvalue weighted by atomic mass is 16.4. The third-order valence-corrected chi connectivity index (χ3v) is 4.12. The maximum atomic E-state index is 12.5. The fraction of sp³-hybridized carbons (Fsp3) is 0.647. The van der Waals surface area contributed by atoms with E-state index in [9.17, 15) is 19.2 Å². The molecule has 0 aliphatic rings. The number of aliphatic imine (C=N–C) groups is 2. The molecule has 0 aromatic rings. The molecule has 0 aromatic carbocycles. The second kappa shape index (κ2) is 16.0. The number of aliphatic hydroxyl groups excluding tert-OH is 1. The highest BCUT2D eigenvalue weighted by Gasteiger charge is 2.24. The molecule has 0 rings (SSSR count). The molecule has 3 atom stereocenters. The van der Waals surface area contributed by atoms with Crippen LogP contribution < -0.4 is 44.6 Å². The number of aliphatic carboxylic acids is 1. The molecule has 0 bridgehead atoms. The van der Waals surface area contributed by atoms with Gasteiger partial charge in [-0.15, -0.1) is 0 Å². The van der Waals surface area contributed by atoms with Gasteiger partial charge >= 0.3 is 5.97 Å². The van der Waals surface area contributed by atoms with Crippen LogP contribution >= 0.6 is 0 Å². The van der Waals surface area contributed by atoms with Crippen LogP contribution in [0.4, 0.5) is 0 Å². The van der Waals surface area contributed by atoms with Crippen LogP contribution in [0.15, 0.2) is 9.98 Å². The molecule has 3 unspecified atom stereocenters. The molecule has 0 saturated carbocycles. The van der Waals surface area contributed by atoms with Crippen LogP contribution in [-0.4, -0.2) is 90.2 Å².